The van der Waals surface area contributed by atoms with Crippen molar-refractivity contribution in [2.24, 2.45) is 5.92 Å². The lowest BCUT2D eigenvalue weighted by molar-refractivity contribution is -0.126. The number of ether oxygens (including phenoxy) is 1. The summed E-state index contributed by atoms with van der Waals surface area (Å²) in [7, 11) is 0. The summed E-state index contributed by atoms with van der Waals surface area (Å²) in [5, 5.41) is 13.2. The molecular weight excluding hydrogens is 502 g/mol. The van der Waals surface area contributed by atoms with E-state index in [-0.39, 0.29) is 25.0 Å². The van der Waals surface area contributed by atoms with Crippen molar-refractivity contribution in [3.8, 4) is 0 Å². The van der Waals surface area contributed by atoms with Gasteiger partial charge in [0.15, 0.2) is 0 Å². The third kappa shape index (κ3) is 6.25. The second-order valence-corrected chi connectivity index (χ2v) is 10.1. The molecule has 2 aromatic heterocycles. The number of carbonyl (C=O) groups excluding carboxylic acids is 3. The van der Waals surface area contributed by atoms with E-state index in [1.54, 1.807) is 31.2 Å². The minimum absolute atomic E-state index is 0.124. The Labute approximate surface area is 225 Å². The largest absolute Gasteiger partial charge is 0.462 e. The minimum Gasteiger partial charge on any atom is -0.462 e. The van der Waals surface area contributed by atoms with Gasteiger partial charge in [0.1, 0.15) is 18.1 Å². The number of rotatable bonds is 11. The number of thiophene rings is 1. The highest BCUT2D eigenvalue weighted by Gasteiger charge is 2.34. The number of nitrogens with one attached hydrogen (secondary N) is 1. The number of carbonyl (C=O) groups is 3. The van der Waals surface area contributed by atoms with Crippen LogP contribution in [0.15, 0.2) is 66.0 Å². The third-order valence-electron chi connectivity index (χ3n) is 5.97. The first-order valence-electron chi connectivity index (χ1n) is 12.6. The molecule has 0 aliphatic rings. The first-order chi connectivity index (χ1) is 18.4. The molecule has 0 saturated heterocycles. The summed E-state index contributed by atoms with van der Waals surface area (Å²) in [6, 6.07) is 16.7. The smallest absolute Gasteiger partial charge is 0.338 e. The number of hydrogen-bond donors (Lipinski definition) is 1. The van der Waals surface area contributed by atoms with Crippen molar-refractivity contribution in [2.45, 2.75) is 39.8 Å². The zero-order valence-corrected chi connectivity index (χ0v) is 22.5. The predicted molar refractivity (Wildman–Crippen MR) is 147 cm³/mol. The lowest BCUT2D eigenvalue weighted by atomic mass is 10.1. The number of fused-ring (bicyclic) bond motifs is 1. The van der Waals surface area contributed by atoms with Crippen LogP contribution < -0.4 is 10.2 Å². The molecule has 0 aliphatic carbocycles. The zero-order chi connectivity index (χ0) is 27.1. The standard InChI is InChI=1S/C28H31N5O4S/c1-4-37-28(36)20-11-13-21(14-12-20)33(25(34)18-32-23-9-6-5-8-22(23)30-31-32)26(24-10-7-17-38-24)27(35)29-16-15-19(2)3/h5-14,17,19,26H,4,15-16,18H2,1-3H3,(H,29,35)/t26-/m0/s1. The van der Waals surface area contributed by atoms with E-state index >= 15 is 0 Å². The van der Waals surface area contributed by atoms with Gasteiger partial charge in [-0.05, 0) is 67.1 Å². The topological polar surface area (TPSA) is 106 Å². The van der Waals surface area contributed by atoms with Gasteiger partial charge in [0, 0.05) is 17.1 Å². The van der Waals surface area contributed by atoms with Crippen molar-refractivity contribution in [2.75, 3.05) is 18.1 Å². The van der Waals surface area contributed by atoms with Gasteiger partial charge in [-0.1, -0.05) is 37.3 Å². The van der Waals surface area contributed by atoms with E-state index in [0.717, 1.165) is 11.3 Å². The Balaban J connectivity index is 1.72. The minimum atomic E-state index is -0.905. The molecule has 0 saturated carbocycles. The highest BCUT2D eigenvalue weighted by molar-refractivity contribution is 7.10. The number of anilines is 1. The van der Waals surface area contributed by atoms with Crippen LogP contribution in [0.25, 0.3) is 11.0 Å². The highest BCUT2D eigenvalue weighted by atomic mass is 32.1. The Hall–Kier alpha value is -4.05. The van der Waals surface area contributed by atoms with Crippen molar-refractivity contribution in [3.63, 3.8) is 0 Å². The molecule has 0 radical (unpaired) electrons. The fourth-order valence-corrected chi connectivity index (χ4v) is 4.86. The van der Waals surface area contributed by atoms with Gasteiger partial charge in [-0.2, -0.15) is 0 Å². The van der Waals surface area contributed by atoms with E-state index < -0.39 is 12.0 Å². The molecule has 9 nitrogen and oxygen atoms in total. The van der Waals surface area contributed by atoms with Crippen molar-refractivity contribution >= 4 is 45.8 Å². The van der Waals surface area contributed by atoms with Crippen LogP contribution in [-0.4, -0.2) is 45.9 Å². The van der Waals surface area contributed by atoms with Crippen LogP contribution >= 0.6 is 11.3 Å². The molecule has 1 atom stereocenters. The molecule has 0 bridgehead atoms. The SMILES string of the molecule is CCOC(=O)c1ccc(N(C(=O)Cn2nnc3ccccc32)[C@H](C(=O)NCCC(C)C)c2cccs2)cc1. The predicted octanol–water partition coefficient (Wildman–Crippen LogP) is 4.61. The summed E-state index contributed by atoms with van der Waals surface area (Å²) in [6.07, 6.45) is 0.816. The van der Waals surface area contributed by atoms with Gasteiger partial charge >= 0.3 is 5.97 Å². The maximum absolute atomic E-state index is 14.0. The summed E-state index contributed by atoms with van der Waals surface area (Å²) < 4.78 is 6.62. The molecule has 38 heavy (non-hydrogen) atoms. The van der Waals surface area contributed by atoms with Crippen molar-refractivity contribution in [1.29, 1.82) is 0 Å². The van der Waals surface area contributed by atoms with Crippen molar-refractivity contribution in [1.82, 2.24) is 20.3 Å². The van der Waals surface area contributed by atoms with Gasteiger partial charge in [-0.25, -0.2) is 9.48 Å². The summed E-state index contributed by atoms with van der Waals surface area (Å²) in [4.78, 5) is 42.0. The van der Waals surface area contributed by atoms with Crippen molar-refractivity contribution < 1.29 is 19.1 Å². The molecule has 0 unspecified atom stereocenters. The van der Waals surface area contributed by atoms with Crippen LogP contribution in [0.3, 0.4) is 0 Å². The normalized spacial score (nSPS) is 11.9. The van der Waals surface area contributed by atoms with Gasteiger partial charge in [0.25, 0.3) is 0 Å². The van der Waals surface area contributed by atoms with Gasteiger partial charge in [-0.3, -0.25) is 14.5 Å². The number of para-hydroxylation sites is 1. The number of benzene rings is 2. The second-order valence-electron chi connectivity index (χ2n) is 9.16. The molecular formula is C28H31N5O4S. The molecule has 2 amide bonds. The molecule has 4 rings (SSSR count). The summed E-state index contributed by atoms with van der Waals surface area (Å²) >= 11 is 1.40. The molecule has 1 N–H and O–H groups in total. The first-order valence-corrected chi connectivity index (χ1v) is 13.5. The Morgan fingerprint density at radius 2 is 1.82 bits per heavy atom. The van der Waals surface area contributed by atoms with Gasteiger partial charge in [0.2, 0.25) is 11.8 Å². The second kappa shape index (κ2) is 12.5. The number of nitrogens with zero attached hydrogens (tertiary/aromatic N) is 4. The van der Waals surface area contributed by atoms with Crippen LogP contribution in [0.5, 0.6) is 0 Å². The Morgan fingerprint density at radius 3 is 2.50 bits per heavy atom. The zero-order valence-electron chi connectivity index (χ0n) is 21.7. The summed E-state index contributed by atoms with van der Waals surface area (Å²) in [6.45, 7) is 6.55. The van der Waals surface area contributed by atoms with Crippen LogP contribution in [0.4, 0.5) is 5.69 Å². The van der Waals surface area contributed by atoms with Crippen LogP contribution in [0.2, 0.25) is 0 Å². The van der Waals surface area contributed by atoms with Crippen LogP contribution in [0.1, 0.15) is 48.5 Å². The Bertz CT molecular complexity index is 1380. The third-order valence-corrected chi connectivity index (χ3v) is 6.90. The molecule has 0 aliphatic heterocycles. The number of esters is 1. The van der Waals surface area contributed by atoms with Gasteiger partial charge in [-0.15, -0.1) is 16.4 Å². The van der Waals surface area contributed by atoms with Crippen LogP contribution in [0, 0.1) is 5.92 Å². The molecule has 0 spiro atoms. The van der Waals surface area contributed by atoms with E-state index in [9.17, 15) is 14.4 Å². The quantitative estimate of drug-likeness (QED) is 0.282. The fourth-order valence-electron chi connectivity index (χ4n) is 4.05. The Kier molecular flexibility index (Phi) is 8.85. The molecule has 2 aromatic carbocycles. The van der Waals surface area contributed by atoms with Crippen LogP contribution in [-0.2, 0) is 20.9 Å². The fraction of sp³-hybridized carbons (Fsp3) is 0.321. The van der Waals surface area contributed by atoms with Gasteiger partial charge < -0.3 is 10.1 Å². The lowest BCUT2D eigenvalue weighted by Crippen LogP contribution is -2.45. The maximum atomic E-state index is 14.0. The van der Waals surface area contributed by atoms with E-state index in [1.807, 2.05) is 41.8 Å². The number of hydrogen-bond acceptors (Lipinski definition) is 7. The monoisotopic (exact) mass is 533 g/mol. The number of aromatic nitrogens is 3. The average molecular weight is 534 g/mol. The molecule has 4 aromatic rings. The molecule has 10 heteroatoms. The maximum Gasteiger partial charge on any atom is 0.338 e. The molecule has 2 heterocycles. The first kappa shape index (κ1) is 27.0. The average Bonchev–Trinajstić information content (AvgIpc) is 3.58. The highest BCUT2D eigenvalue weighted by Crippen LogP contribution is 2.31. The summed E-state index contributed by atoms with van der Waals surface area (Å²) in [5.41, 5.74) is 2.23. The number of amides is 2. The van der Waals surface area contributed by atoms with Crippen molar-refractivity contribution in [3.05, 3.63) is 76.5 Å². The van der Waals surface area contributed by atoms with E-state index in [2.05, 4.69) is 29.5 Å². The van der Waals surface area contributed by atoms with E-state index in [1.165, 1.54) is 20.9 Å². The molecule has 198 valence electrons. The van der Waals surface area contributed by atoms with Gasteiger partial charge in [0.05, 0.1) is 17.7 Å². The lowest BCUT2D eigenvalue weighted by Gasteiger charge is -2.31. The van der Waals surface area contributed by atoms with E-state index in [4.69, 9.17) is 4.74 Å². The summed E-state index contributed by atoms with van der Waals surface area (Å²) in [5.74, 6) is -0.655. The molecule has 0 fully saturated rings. The van der Waals surface area contributed by atoms with E-state index in [0.29, 0.717) is 34.7 Å². The Morgan fingerprint density at radius 1 is 1.05 bits per heavy atom.